The lowest BCUT2D eigenvalue weighted by molar-refractivity contribution is -0.154. The number of aliphatic imine (C=N–C) groups is 1. The number of carboxylic acids is 1. The maximum absolute atomic E-state index is 12.2. The van der Waals surface area contributed by atoms with Crippen molar-refractivity contribution < 1.29 is 27.8 Å². The van der Waals surface area contributed by atoms with Crippen molar-refractivity contribution in [3.05, 3.63) is 48.2 Å². The number of benzene rings is 1. The van der Waals surface area contributed by atoms with Gasteiger partial charge in [-0.2, -0.15) is 13.2 Å². The smallest absolute Gasteiger partial charge is 0.422 e. The molecule has 2 atom stereocenters. The highest BCUT2D eigenvalue weighted by atomic mass is 19.4. The number of alkyl halides is 3. The molecule has 9 heteroatoms. The number of carboxylic acid groups (broad SMARTS) is 1. The third kappa shape index (κ3) is 4.18. The predicted octanol–water partition coefficient (Wildman–Crippen LogP) is 3.76. The normalized spacial score (nSPS) is 17.3. The first-order valence-electron chi connectivity index (χ1n) is 8.06. The van der Waals surface area contributed by atoms with Gasteiger partial charge in [-0.3, -0.25) is 4.99 Å². The molecule has 0 saturated heterocycles. The molecule has 0 fully saturated rings. The molecule has 6 nitrogen and oxygen atoms in total. The summed E-state index contributed by atoms with van der Waals surface area (Å²) in [6.07, 6.45) is -1.71. The van der Waals surface area contributed by atoms with E-state index < -0.39 is 30.8 Å². The van der Waals surface area contributed by atoms with E-state index in [-0.39, 0.29) is 5.88 Å². The van der Waals surface area contributed by atoms with Gasteiger partial charge in [-0.25, -0.2) is 9.78 Å². The quantitative estimate of drug-likeness (QED) is 0.856. The van der Waals surface area contributed by atoms with E-state index in [1.807, 2.05) is 0 Å². The summed E-state index contributed by atoms with van der Waals surface area (Å²) in [5.41, 5.74) is 1.92. The Morgan fingerprint density at radius 3 is 2.67 bits per heavy atom. The van der Waals surface area contributed by atoms with Gasteiger partial charge in [-0.15, -0.1) is 0 Å². The fourth-order valence-corrected chi connectivity index (χ4v) is 2.84. The van der Waals surface area contributed by atoms with Crippen molar-refractivity contribution >= 4 is 23.6 Å². The van der Waals surface area contributed by atoms with Crippen molar-refractivity contribution in [2.45, 2.75) is 25.2 Å². The van der Waals surface area contributed by atoms with Gasteiger partial charge < -0.3 is 14.7 Å². The van der Waals surface area contributed by atoms with Gasteiger partial charge in [0.1, 0.15) is 0 Å². The average Bonchev–Trinajstić information content (AvgIpc) is 2.64. The fraction of sp³-hybridized carbons (Fsp3) is 0.278. The highest BCUT2D eigenvalue weighted by Crippen LogP contribution is 2.38. The lowest BCUT2D eigenvalue weighted by Gasteiger charge is -2.37. The van der Waals surface area contributed by atoms with Crippen LogP contribution in [0.2, 0.25) is 0 Å². The molecule has 0 spiro atoms. The van der Waals surface area contributed by atoms with Gasteiger partial charge in [0.15, 0.2) is 12.6 Å². The first-order chi connectivity index (χ1) is 12.8. The first-order valence-corrected chi connectivity index (χ1v) is 8.06. The van der Waals surface area contributed by atoms with E-state index in [2.05, 4.69) is 14.7 Å². The maximum atomic E-state index is 12.2. The number of aliphatic carboxylic acids is 1. The maximum Gasteiger partial charge on any atom is 0.422 e. The molecule has 3 rings (SSSR count). The standard InChI is InChI=1S/C18H16F3N3O3/c1-11(12-6-7-16(23-8-12)27-10-18(19,20)21)24-14-5-3-2-4-13(14)22-9-15(24)17(25)26/h2-9,11,15H,10H2,1H3,(H,25,26). The Hall–Kier alpha value is -3.10. The minimum atomic E-state index is -4.45. The topological polar surface area (TPSA) is 75.0 Å². The molecular formula is C18H16F3N3O3. The summed E-state index contributed by atoms with van der Waals surface area (Å²) in [5, 5.41) is 9.55. The SMILES string of the molecule is CC(c1ccc(OCC(F)(F)F)nc1)N1c2ccccc2N=CC1C(=O)O. The van der Waals surface area contributed by atoms with Crippen LogP contribution in [0.15, 0.2) is 47.6 Å². The molecule has 2 aromatic rings. The molecule has 2 heterocycles. The number of fused-ring (bicyclic) bond motifs is 1. The summed E-state index contributed by atoms with van der Waals surface area (Å²) in [6.45, 7) is 0.366. The first kappa shape index (κ1) is 18.7. The number of anilines is 1. The van der Waals surface area contributed by atoms with Crippen LogP contribution in [0, 0.1) is 0 Å². The summed E-state index contributed by atoms with van der Waals surface area (Å²) < 4.78 is 41.3. The van der Waals surface area contributed by atoms with Crippen LogP contribution in [-0.2, 0) is 4.79 Å². The Kier molecular flexibility index (Phi) is 5.02. The fourth-order valence-electron chi connectivity index (χ4n) is 2.84. The van der Waals surface area contributed by atoms with Crippen molar-refractivity contribution in [2.75, 3.05) is 11.5 Å². The molecule has 0 radical (unpaired) electrons. The molecule has 2 unspecified atom stereocenters. The van der Waals surface area contributed by atoms with Crippen LogP contribution in [0.3, 0.4) is 0 Å². The molecular weight excluding hydrogens is 363 g/mol. The zero-order valence-electron chi connectivity index (χ0n) is 14.2. The van der Waals surface area contributed by atoms with Crippen LogP contribution in [0.4, 0.5) is 24.5 Å². The number of ether oxygens (including phenoxy) is 1. The Balaban J connectivity index is 1.86. The second-order valence-corrected chi connectivity index (χ2v) is 5.97. The number of aromatic nitrogens is 1. The van der Waals surface area contributed by atoms with E-state index in [9.17, 15) is 23.1 Å². The van der Waals surface area contributed by atoms with Gasteiger partial charge in [-0.05, 0) is 24.6 Å². The van der Waals surface area contributed by atoms with E-state index in [1.165, 1.54) is 18.5 Å². The molecule has 142 valence electrons. The number of hydrogen-bond acceptors (Lipinski definition) is 5. The number of pyridine rings is 1. The van der Waals surface area contributed by atoms with Gasteiger partial charge in [-0.1, -0.05) is 18.2 Å². The number of rotatable bonds is 5. The largest absolute Gasteiger partial charge is 0.479 e. The van der Waals surface area contributed by atoms with E-state index in [1.54, 1.807) is 42.2 Å². The average molecular weight is 379 g/mol. The van der Waals surface area contributed by atoms with Crippen LogP contribution in [0.1, 0.15) is 18.5 Å². The number of hydrogen-bond donors (Lipinski definition) is 1. The third-order valence-corrected chi connectivity index (χ3v) is 4.11. The van der Waals surface area contributed by atoms with Crippen molar-refractivity contribution in [1.29, 1.82) is 0 Å². The molecule has 0 aliphatic carbocycles. The lowest BCUT2D eigenvalue weighted by Crippen LogP contribution is -2.45. The molecule has 1 aliphatic heterocycles. The third-order valence-electron chi connectivity index (χ3n) is 4.11. The minimum Gasteiger partial charge on any atom is -0.479 e. The van der Waals surface area contributed by atoms with Crippen molar-refractivity contribution in [3.8, 4) is 5.88 Å². The summed E-state index contributed by atoms with van der Waals surface area (Å²) in [6, 6.07) is 8.63. The van der Waals surface area contributed by atoms with Crippen LogP contribution >= 0.6 is 0 Å². The molecule has 0 saturated carbocycles. The zero-order valence-corrected chi connectivity index (χ0v) is 14.2. The van der Waals surface area contributed by atoms with E-state index in [4.69, 9.17) is 0 Å². The van der Waals surface area contributed by atoms with Crippen LogP contribution in [0.5, 0.6) is 5.88 Å². The molecule has 1 N–H and O–H groups in total. The Morgan fingerprint density at radius 2 is 2.04 bits per heavy atom. The second kappa shape index (κ2) is 7.26. The van der Waals surface area contributed by atoms with Crippen LogP contribution < -0.4 is 9.64 Å². The minimum absolute atomic E-state index is 0.154. The summed E-state index contributed by atoms with van der Waals surface area (Å²) in [4.78, 5) is 21.4. The van der Waals surface area contributed by atoms with Crippen molar-refractivity contribution in [1.82, 2.24) is 4.98 Å². The highest BCUT2D eigenvalue weighted by Gasteiger charge is 2.33. The van der Waals surface area contributed by atoms with Gasteiger partial charge in [0.25, 0.3) is 0 Å². The molecule has 0 amide bonds. The van der Waals surface area contributed by atoms with E-state index in [0.717, 1.165) is 0 Å². The predicted molar refractivity (Wildman–Crippen MR) is 92.7 cm³/mol. The van der Waals surface area contributed by atoms with Gasteiger partial charge in [0, 0.05) is 18.5 Å². The molecule has 1 aromatic heterocycles. The Morgan fingerprint density at radius 1 is 1.30 bits per heavy atom. The summed E-state index contributed by atoms with van der Waals surface area (Å²) in [5.74, 6) is -1.21. The van der Waals surface area contributed by atoms with Gasteiger partial charge >= 0.3 is 12.1 Å². The summed E-state index contributed by atoms with van der Waals surface area (Å²) >= 11 is 0. The second-order valence-electron chi connectivity index (χ2n) is 5.97. The summed E-state index contributed by atoms with van der Waals surface area (Å²) in [7, 11) is 0. The Labute approximate surface area is 152 Å². The van der Waals surface area contributed by atoms with Gasteiger partial charge in [0.2, 0.25) is 5.88 Å². The monoisotopic (exact) mass is 379 g/mol. The van der Waals surface area contributed by atoms with Crippen molar-refractivity contribution in [2.24, 2.45) is 4.99 Å². The number of carbonyl (C=O) groups is 1. The molecule has 27 heavy (non-hydrogen) atoms. The molecule has 1 aliphatic rings. The van der Waals surface area contributed by atoms with E-state index >= 15 is 0 Å². The Bertz CT molecular complexity index is 853. The zero-order chi connectivity index (χ0) is 19.6. The molecule has 1 aromatic carbocycles. The van der Waals surface area contributed by atoms with Gasteiger partial charge in [0.05, 0.1) is 17.4 Å². The van der Waals surface area contributed by atoms with Crippen molar-refractivity contribution in [3.63, 3.8) is 0 Å². The highest BCUT2D eigenvalue weighted by molar-refractivity contribution is 6.01. The van der Waals surface area contributed by atoms with E-state index in [0.29, 0.717) is 16.9 Å². The number of halogens is 3. The van der Waals surface area contributed by atoms with Crippen LogP contribution in [0.25, 0.3) is 0 Å². The number of nitrogens with zero attached hydrogens (tertiary/aromatic N) is 3. The lowest BCUT2D eigenvalue weighted by atomic mass is 10.0. The molecule has 0 bridgehead atoms. The number of para-hydroxylation sites is 2. The van der Waals surface area contributed by atoms with Crippen LogP contribution in [-0.4, -0.2) is 41.1 Å².